The van der Waals surface area contributed by atoms with Crippen molar-refractivity contribution < 1.29 is 21.4 Å². The highest BCUT2D eigenvalue weighted by atomic mass is 33.2. The van der Waals surface area contributed by atoms with Crippen molar-refractivity contribution >= 4 is 19.3 Å². The zero-order valence-corrected chi connectivity index (χ0v) is 7.92. The minimum absolute atomic E-state index is 0.110. The van der Waals surface area contributed by atoms with Gasteiger partial charge in [-0.1, -0.05) is 18.2 Å². The highest BCUT2D eigenvalue weighted by Crippen LogP contribution is 2.11. The van der Waals surface area contributed by atoms with Crippen LogP contribution in [0.3, 0.4) is 0 Å². The van der Waals surface area contributed by atoms with Crippen LogP contribution in [-0.2, 0) is 19.3 Å². The Morgan fingerprint density at radius 3 is 2.23 bits per heavy atom. The molecule has 0 fully saturated rings. The number of benzene rings is 1. The Kier molecular flexibility index (Phi) is 3.02. The second-order valence-electron chi connectivity index (χ2n) is 2.03. The third-order valence-corrected chi connectivity index (χ3v) is 2.99. The van der Waals surface area contributed by atoms with Gasteiger partial charge in [-0.25, -0.2) is 0 Å². The van der Waals surface area contributed by atoms with Crippen molar-refractivity contribution in [2.75, 3.05) is 0 Å². The number of rotatable bonds is 3. The van der Waals surface area contributed by atoms with E-state index in [2.05, 4.69) is 4.18 Å². The monoisotopic (exact) mass is 222 g/mol. The zero-order valence-electron chi connectivity index (χ0n) is 6.28. The van der Waals surface area contributed by atoms with Gasteiger partial charge in [0.15, 0.2) is 0 Å². The summed E-state index contributed by atoms with van der Waals surface area (Å²) in [7, 11) is -7.41. The topological polar surface area (TPSA) is 80.7 Å². The van der Waals surface area contributed by atoms with Gasteiger partial charge < -0.3 is 4.18 Å². The fraction of sp³-hybridized carbons (Fsp3) is 0. The molecule has 1 unspecified atom stereocenters. The van der Waals surface area contributed by atoms with Crippen LogP contribution in [0.1, 0.15) is 0 Å². The van der Waals surface area contributed by atoms with Crippen molar-refractivity contribution in [2.45, 2.75) is 0 Å². The predicted molar refractivity (Wildman–Crippen MR) is 46.8 cm³/mol. The molecule has 0 aromatic heterocycles. The summed E-state index contributed by atoms with van der Waals surface area (Å²) in [4.78, 5) is 0. The van der Waals surface area contributed by atoms with Crippen molar-refractivity contribution in [1.82, 2.24) is 0 Å². The van der Waals surface area contributed by atoms with E-state index in [9.17, 15) is 12.6 Å². The van der Waals surface area contributed by atoms with E-state index < -0.39 is 19.3 Å². The first-order valence-electron chi connectivity index (χ1n) is 3.13. The van der Waals surface area contributed by atoms with Gasteiger partial charge in [-0.2, -0.15) is 12.6 Å². The van der Waals surface area contributed by atoms with E-state index in [4.69, 9.17) is 4.55 Å². The first kappa shape index (κ1) is 10.2. The van der Waals surface area contributed by atoms with Crippen LogP contribution in [0, 0.1) is 0 Å². The lowest BCUT2D eigenvalue weighted by molar-refractivity contribution is 0.489. The van der Waals surface area contributed by atoms with Crippen LogP contribution in [0.2, 0.25) is 0 Å². The number of para-hydroxylation sites is 1. The Morgan fingerprint density at radius 1 is 1.23 bits per heavy atom. The molecule has 7 heteroatoms. The third-order valence-electron chi connectivity index (χ3n) is 1.08. The smallest absolute Gasteiger partial charge is 0.384 e. The lowest BCUT2D eigenvalue weighted by Gasteiger charge is -2.00. The molecule has 1 N–H and O–H groups in total. The summed E-state index contributed by atoms with van der Waals surface area (Å²) in [6, 6.07) is 7.68. The Hall–Kier alpha value is -0.920. The van der Waals surface area contributed by atoms with E-state index in [0.29, 0.717) is 0 Å². The van der Waals surface area contributed by atoms with Gasteiger partial charge in [0.1, 0.15) is 5.75 Å². The maximum absolute atomic E-state index is 10.7. The molecule has 0 radical (unpaired) electrons. The summed E-state index contributed by atoms with van der Waals surface area (Å²) >= 11 is 0. The van der Waals surface area contributed by atoms with Gasteiger partial charge >= 0.3 is 19.3 Å². The summed E-state index contributed by atoms with van der Waals surface area (Å²) < 4.78 is 43.9. The quantitative estimate of drug-likeness (QED) is 0.596. The van der Waals surface area contributed by atoms with E-state index in [0.717, 1.165) is 0 Å². The van der Waals surface area contributed by atoms with Crippen LogP contribution in [0.15, 0.2) is 30.3 Å². The Labute approximate surface area is 77.2 Å². The highest BCUT2D eigenvalue weighted by Gasteiger charge is 2.18. The van der Waals surface area contributed by atoms with Crippen molar-refractivity contribution in [3.05, 3.63) is 30.3 Å². The minimum Gasteiger partial charge on any atom is -0.388 e. The molecule has 72 valence electrons. The predicted octanol–water partition coefficient (Wildman–Crippen LogP) is 0.532. The number of hydrogen-bond acceptors (Lipinski definition) is 4. The zero-order chi connectivity index (χ0) is 9.90. The second kappa shape index (κ2) is 3.86. The maximum atomic E-state index is 10.7. The molecule has 0 aliphatic carbocycles. The molecule has 1 rings (SSSR count). The van der Waals surface area contributed by atoms with Gasteiger partial charge in [0.05, 0.1) is 0 Å². The third kappa shape index (κ3) is 3.13. The van der Waals surface area contributed by atoms with Gasteiger partial charge in [-0.05, 0) is 12.1 Å². The lowest BCUT2D eigenvalue weighted by Crippen LogP contribution is -2.12. The fourth-order valence-electron chi connectivity index (χ4n) is 0.598. The largest absolute Gasteiger partial charge is 0.388 e. The molecule has 0 saturated carbocycles. The van der Waals surface area contributed by atoms with Gasteiger partial charge in [-0.3, -0.25) is 4.55 Å². The van der Waals surface area contributed by atoms with Crippen LogP contribution in [0.4, 0.5) is 0 Å². The highest BCUT2D eigenvalue weighted by molar-refractivity contribution is 8.60. The molecule has 0 aliphatic heterocycles. The molecule has 1 atom stereocenters. The van der Waals surface area contributed by atoms with Crippen molar-refractivity contribution in [1.29, 1.82) is 0 Å². The molecule has 0 amide bonds. The minimum atomic E-state index is -4.65. The van der Waals surface area contributed by atoms with Crippen molar-refractivity contribution in [3.8, 4) is 5.75 Å². The van der Waals surface area contributed by atoms with E-state index in [-0.39, 0.29) is 5.75 Å². The van der Waals surface area contributed by atoms with E-state index in [1.807, 2.05) is 0 Å². The van der Waals surface area contributed by atoms with Gasteiger partial charge in [-0.15, -0.1) is 0 Å². The Balaban J connectivity index is 2.78. The van der Waals surface area contributed by atoms with Gasteiger partial charge in [0.25, 0.3) is 0 Å². The van der Waals surface area contributed by atoms with Gasteiger partial charge in [0.2, 0.25) is 0 Å². The molecule has 0 saturated heterocycles. The van der Waals surface area contributed by atoms with Gasteiger partial charge in [0, 0.05) is 0 Å². The van der Waals surface area contributed by atoms with Crippen LogP contribution >= 0.6 is 0 Å². The standard InChI is InChI=1S/C6H6O5S2/c7-12(13(8,9)10)11-6-4-2-1-3-5-6/h1-5H,(H,8,9,10). The average molecular weight is 222 g/mol. The molecule has 1 aromatic carbocycles. The average Bonchev–Trinajstić information content (AvgIpc) is 2.04. The van der Waals surface area contributed by atoms with E-state index >= 15 is 0 Å². The molecule has 0 heterocycles. The van der Waals surface area contributed by atoms with Crippen LogP contribution in [0.5, 0.6) is 5.75 Å². The van der Waals surface area contributed by atoms with E-state index in [1.54, 1.807) is 18.2 Å². The van der Waals surface area contributed by atoms with Crippen LogP contribution in [0.25, 0.3) is 0 Å². The molecule has 13 heavy (non-hydrogen) atoms. The first-order chi connectivity index (χ1) is 6.00. The summed E-state index contributed by atoms with van der Waals surface area (Å²) in [6.07, 6.45) is 0. The fourth-order valence-corrected chi connectivity index (χ4v) is 1.45. The molecule has 0 aliphatic rings. The molecular weight excluding hydrogens is 216 g/mol. The Bertz CT molecular complexity index is 396. The summed E-state index contributed by atoms with van der Waals surface area (Å²) in [6.45, 7) is 0. The normalized spacial score (nSPS) is 13.6. The second-order valence-corrected chi connectivity index (χ2v) is 5.54. The van der Waals surface area contributed by atoms with Crippen molar-refractivity contribution in [3.63, 3.8) is 0 Å². The molecule has 0 spiro atoms. The summed E-state index contributed by atoms with van der Waals surface area (Å²) in [5.41, 5.74) is 0. The SMILES string of the molecule is O=S(Oc1ccccc1)S(=O)(=O)O. The lowest BCUT2D eigenvalue weighted by atomic mass is 10.3. The van der Waals surface area contributed by atoms with Crippen LogP contribution in [-0.4, -0.2) is 17.2 Å². The molecule has 0 bridgehead atoms. The first-order valence-corrected chi connectivity index (χ1v) is 6.16. The molecule has 5 nitrogen and oxygen atoms in total. The molecule has 1 aromatic rings. The Morgan fingerprint density at radius 2 is 1.77 bits per heavy atom. The summed E-state index contributed by atoms with van der Waals surface area (Å²) in [5, 5.41) is 0. The maximum Gasteiger partial charge on any atom is 0.384 e. The summed E-state index contributed by atoms with van der Waals surface area (Å²) in [5.74, 6) is 0.110. The van der Waals surface area contributed by atoms with Crippen LogP contribution < -0.4 is 4.18 Å². The molecular formula is C6H6O5S2. The van der Waals surface area contributed by atoms with Crippen molar-refractivity contribution in [2.24, 2.45) is 0 Å². The van der Waals surface area contributed by atoms with E-state index in [1.165, 1.54) is 12.1 Å². The number of hydrogen-bond donors (Lipinski definition) is 1.